The molecule has 1 N–H and O–H groups in total. The molecule has 8 heteroatoms. The minimum Gasteiger partial charge on any atom is -0.384 e. The van der Waals surface area contributed by atoms with Gasteiger partial charge in [-0.3, -0.25) is 0 Å². The van der Waals surface area contributed by atoms with Gasteiger partial charge in [0.1, 0.15) is 0 Å². The molecular formula is C11H10ClF6N. The molecule has 0 saturated heterocycles. The highest BCUT2D eigenvalue weighted by Gasteiger charge is 2.31. The summed E-state index contributed by atoms with van der Waals surface area (Å²) in [5.74, 6) is 0. The summed E-state index contributed by atoms with van der Waals surface area (Å²) in [6, 6.07) is 2.64. The number of hydrogen-bond acceptors (Lipinski definition) is 1. The zero-order valence-electron chi connectivity index (χ0n) is 9.50. The van der Waals surface area contributed by atoms with Gasteiger partial charge in [-0.25, -0.2) is 0 Å². The Bertz CT molecular complexity index is 426. The fourth-order valence-electron chi connectivity index (χ4n) is 1.35. The van der Waals surface area contributed by atoms with E-state index in [4.69, 9.17) is 11.6 Å². The van der Waals surface area contributed by atoms with Gasteiger partial charge >= 0.3 is 12.4 Å². The van der Waals surface area contributed by atoms with Gasteiger partial charge in [-0.2, -0.15) is 26.3 Å². The highest BCUT2D eigenvalue weighted by molar-refractivity contribution is 6.33. The summed E-state index contributed by atoms with van der Waals surface area (Å²) in [7, 11) is 0. The van der Waals surface area contributed by atoms with Crippen molar-refractivity contribution >= 4 is 17.3 Å². The molecule has 108 valence electrons. The Morgan fingerprint density at radius 2 is 1.68 bits per heavy atom. The van der Waals surface area contributed by atoms with Crippen LogP contribution in [0, 0.1) is 0 Å². The van der Waals surface area contributed by atoms with Crippen LogP contribution >= 0.6 is 11.6 Å². The number of nitrogens with one attached hydrogen (secondary N) is 1. The minimum absolute atomic E-state index is 0.0232. The van der Waals surface area contributed by atoms with Crippen LogP contribution in [-0.4, -0.2) is 12.7 Å². The highest BCUT2D eigenvalue weighted by atomic mass is 35.5. The van der Waals surface area contributed by atoms with E-state index in [-0.39, 0.29) is 23.7 Å². The molecule has 0 radical (unpaired) electrons. The van der Waals surface area contributed by atoms with Crippen LogP contribution in [0.25, 0.3) is 0 Å². The second kappa shape index (κ2) is 5.90. The number of rotatable bonds is 4. The second-order valence-electron chi connectivity index (χ2n) is 3.84. The summed E-state index contributed by atoms with van der Waals surface area (Å²) in [6.45, 7) is -0.0232. The lowest BCUT2D eigenvalue weighted by atomic mass is 10.2. The molecule has 0 bridgehead atoms. The smallest absolute Gasteiger partial charge is 0.384 e. The molecule has 1 aromatic carbocycles. The van der Waals surface area contributed by atoms with Crippen molar-refractivity contribution in [2.24, 2.45) is 0 Å². The predicted molar refractivity (Wildman–Crippen MR) is 60.2 cm³/mol. The molecule has 1 rings (SSSR count). The highest BCUT2D eigenvalue weighted by Crippen LogP contribution is 2.33. The van der Waals surface area contributed by atoms with Gasteiger partial charge in [-0.05, 0) is 24.6 Å². The quantitative estimate of drug-likeness (QED) is 0.602. The lowest BCUT2D eigenvalue weighted by Crippen LogP contribution is -2.11. The minimum atomic E-state index is -4.50. The molecule has 1 nitrogen and oxygen atoms in total. The first-order valence-corrected chi connectivity index (χ1v) is 5.65. The number of hydrogen-bond donors (Lipinski definition) is 1. The Hall–Kier alpha value is -1.11. The fourth-order valence-corrected chi connectivity index (χ4v) is 1.59. The average molecular weight is 306 g/mol. The van der Waals surface area contributed by atoms with Gasteiger partial charge in [-0.15, -0.1) is 0 Å². The van der Waals surface area contributed by atoms with E-state index in [2.05, 4.69) is 5.32 Å². The summed E-state index contributed by atoms with van der Waals surface area (Å²) >= 11 is 5.62. The SMILES string of the molecule is FC(F)(F)CCCNc1ccc(C(F)(F)F)cc1Cl. The van der Waals surface area contributed by atoms with Gasteiger partial charge < -0.3 is 5.32 Å². The molecule has 0 aromatic heterocycles. The fraction of sp³-hybridized carbons (Fsp3) is 0.455. The van der Waals surface area contributed by atoms with Crippen molar-refractivity contribution in [3.05, 3.63) is 28.8 Å². The van der Waals surface area contributed by atoms with Crippen molar-refractivity contribution in [1.82, 2.24) is 0 Å². The zero-order chi connectivity index (χ0) is 14.7. The van der Waals surface area contributed by atoms with Gasteiger partial charge in [-0.1, -0.05) is 11.6 Å². The monoisotopic (exact) mass is 305 g/mol. The zero-order valence-corrected chi connectivity index (χ0v) is 10.3. The summed E-state index contributed by atoms with van der Waals surface area (Å²) in [4.78, 5) is 0. The third-order valence-electron chi connectivity index (χ3n) is 2.25. The largest absolute Gasteiger partial charge is 0.416 e. The topological polar surface area (TPSA) is 12.0 Å². The predicted octanol–water partition coefficient (Wildman–Crippen LogP) is 5.11. The molecule has 0 heterocycles. The van der Waals surface area contributed by atoms with Crippen LogP contribution in [0.3, 0.4) is 0 Å². The third kappa shape index (κ3) is 5.59. The Kier molecular flexibility index (Phi) is 4.95. The first kappa shape index (κ1) is 15.9. The van der Waals surface area contributed by atoms with Gasteiger partial charge in [0.15, 0.2) is 0 Å². The molecule has 0 saturated carbocycles. The summed E-state index contributed by atoms with van der Waals surface area (Å²) in [5, 5.41) is 2.39. The van der Waals surface area contributed by atoms with E-state index in [9.17, 15) is 26.3 Å². The van der Waals surface area contributed by atoms with Crippen LogP contribution in [0.5, 0.6) is 0 Å². The van der Waals surface area contributed by atoms with Gasteiger partial charge in [0, 0.05) is 13.0 Å². The molecule has 0 unspecified atom stereocenters. The lowest BCUT2D eigenvalue weighted by Gasteiger charge is -2.12. The van der Waals surface area contributed by atoms with E-state index in [1.54, 1.807) is 0 Å². The van der Waals surface area contributed by atoms with E-state index >= 15 is 0 Å². The summed E-state index contributed by atoms with van der Waals surface area (Å²) in [6.07, 6.45) is -9.89. The average Bonchev–Trinajstić information content (AvgIpc) is 2.23. The number of halogens is 7. The maximum Gasteiger partial charge on any atom is 0.416 e. The molecule has 1 aromatic rings. The van der Waals surface area contributed by atoms with Crippen molar-refractivity contribution in [1.29, 1.82) is 0 Å². The molecule has 19 heavy (non-hydrogen) atoms. The number of anilines is 1. The maximum absolute atomic E-state index is 12.3. The first-order valence-electron chi connectivity index (χ1n) is 5.27. The number of alkyl halides is 6. The van der Waals surface area contributed by atoms with Gasteiger partial charge in [0.25, 0.3) is 0 Å². The van der Waals surface area contributed by atoms with Crippen molar-refractivity contribution in [3.63, 3.8) is 0 Å². The molecule has 0 atom stereocenters. The summed E-state index contributed by atoms with van der Waals surface area (Å²) < 4.78 is 72.6. The van der Waals surface area contributed by atoms with Crippen LogP contribution < -0.4 is 5.32 Å². The molecule has 0 aliphatic heterocycles. The Balaban J connectivity index is 2.57. The Morgan fingerprint density at radius 3 is 2.16 bits per heavy atom. The van der Waals surface area contributed by atoms with Crippen molar-refractivity contribution in [3.8, 4) is 0 Å². The van der Waals surface area contributed by atoms with Crippen LogP contribution in [-0.2, 0) is 6.18 Å². The van der Waals surface area contributed by atoms with Crippen molar-refractivity contribution in [2.45, 2.75) is 25.2 Å². The van der Waals surface area contributed by atoms with E-state index in [0.29, 0.717) is 0 Å². The van der Waals surface area contributed by atoms with E-state index in [1.807, 2.05) is 0 Å². The van der Waals surface area contributed by atoms with Crippen molar-refractivity contribution < 1.29 is 26.3 Å². The third-order valence-corrected chi connectivity index (χ3v) is 2.56. The van der Waals surface area contributed by atoms with E-state index in [1.165, 1.54) is 0 Å². The lowest BCUT2D eigenvalue weighted by molar-refractivity contribution is -0.137. The van der Waals surface area contributed by atoms with Crippen LogP contribution in [0.15, 0.2) is 18.2 Å². The first-order chi connectivity index (χ1) is 8.59. The van der Waals surface area contributed by atoms with Crippen molar-refractivity contribution in [2.75, 3.05) is 11.9 Å². The van der Waals surface area contributed by atoms with Gasteiger partial charge in [0.05, 0.1) is 16.3 Å². The van der Waals surface area contributed by atoms with Crippen LogP contribution in [0.2, 0.25) is 5.02 Å². The van der Waals surface area contributed by atoms with Crippen LogP contribution in [0.4, 0.5) is 32.0 Å². The summed E-state index contributed by atoms with van der Waals surface area (Å²) in [5.41, 5.74) is -0.727. The Morgan fingerprint density at radius 1 is 1.05 bits per heavy atom. The van der Waals surface area contributed by atoms with Crippen LogP contribution in [0.1, 0.15) is 18.4 Å². The molecule has 0 spiro atoms. The second-order valence-corrected chi connectivity index (χ2v) is 4.25. The molecule has 0 aliphatic carbocycles. The maximum atomic E-state index is 12.3. The molecule has 0 amide bonds. The normalized spacial score (nSPS) is 12.6. The Labute approximate surface area is 110 Å². The number of benzene rings is 1. The van der Waals surface area contributed by atoms with E-state index < -0.39 is 24.3 Å². The standard InChI is InChI=1S/C11H10ClF6N/c12-8-6-7(11(16,17)18)2-3-9(8)19-5-1-4-10(13,14)15/h2-3,6,19H,1,4-5H2. The molecular weight excluding hydrogens is 296 g/mol. The molecule has 0 aliphatic rings. The van der Waals surface area contributed by atoms with E-state index in [0.717, 1.165) is 18.2 Å². The molecule has 0 fully saturated rings. The van der Waals surface area contributed by atoms with Gasteiger partial charge in [0.2, 0.25) is 0 Å².